The van der Waals surface area contributed by atoms with E-state index in [-0.39, 0.29) is 11.6 Å². The van der Waals surface area contributed by atoms with Gasteiger partial charge in [-0.2, -0.15) is 0 Å². The van der Waals surface area contributed by atoms with E-state index in [0.717, 1.165) is 16.5 Å². The van der Waals surface area contributed by atoms with Crippen molar-refractivity contribution in [2.45, 2.75) is 33.4 Å². The Hall–Kier alpha value is -2.39. The number of aromatic amines is 1. The van der Waals surface area contributed by atoms with E-state index in [1.54, 1.807) is 0 Å². The molecule has 3 aromatic rings. The molecule has 1 atom stereocenters. The second-order valence-corrected chi connectivity index (χ2v) is 6.67. The van der Waals surface area contributed by atoms with Gasteiger partial charge < -0.3 is 10.3 Å². The molecule has 0 radical (unpaired) electrons. The van der Waals surface area contributed by atoms with Crippen molar-refractivity contribution >= 4 is 10.8 Å². The molecule has 1 heterocycles. The summed E-state index contributed by atoms with van der Waals surface area (Å²) in [5, 5.41) is 5.33. The van der Waals surface area contributed by atoms with Gasteiger partial charge in [-0.3, -0.25) is 4.79 Å². The van der Waals surface area contributed by atoms with Crippen molar-refractivity contribution in [3.63, 3.8) is 0 Å². The highest BCUT2D eigenvalue weighted by atomic mass is 16.1. The zero-order valence-electron chi connectivity index (χ0n) is 14.5. The molecule has 24 heavy (non-hydrogen) atoms. The largest absolute Gasteiger partial charge is 0.324 e. The molecule has 0 spiro atoms. The molecule has 3 rings (SSSR count). The van der Waals surface area contributed by atoms with Crippen LogP contribution in [0.5, 0.6) is 0 Å². The van der Waals surface area contributed by atoms with Gasteiger partial charge in [0.15, 0.2) is 0 Å². The summed E-state index contributed by atoms with van der Waals surface area (Å²) in [6, 6.07) is 18.5. The number of fused-ring (bicyclic) bond motifs is 1. The van der Waals surface area contributed by atoms with Gasteiger partial charge in [-0.05, 0) is 41.5 Å². The van der Waals surface area contributed by atoms with Crippen molar-refractivity contribution in [2.24, 2.45) is 5.92 Å². The third-order valence-corrected chi connectivity index (χ3v) is 4.51. The topological polar surface area (TPSA) is 44.9 Å². The van der Waals surface area contributed by atoms with Crippen LogP contribution in [0.2, 0.25) is 0 Å². The maximum atomic E-state index is 12.2. The Bertz CT molecular complexity index is 895. The molecule has 2 aromatic carbocycles. The quantitative estimate of drug-likeness (QED) is 0.735. The van der Waals surface area contributed by atoms with Crippen molar-refractivity contribution < 1.29 is 0 Å². The fourth-order valence-corrected chi connectivity index (χ4v) is 3.22. The number of aryl methyl sites for hydroxylation is 1. The normalized spacial score (nSPS) is 12.7. The number of aromatic nitrogens is 1. The molecule has 0 saturated heterocycles. The lowest BCUT2D eigenvalue weighted by Crippen LogP contribution is -2.27. The van der Waals surface area contributed by atoms with Crippen LogP contribution >= 0.6 is 0 Å². The Labute approximate surface area is 142 Å². The summed E-state index contributed by atoms with van der Waals surface area (Å²) in [6.07, 6.45) is 0. The van der Waals surface area contributed by atoms with Crippen LogP contribution in [0.1, 0.15) is 36.7 Å². The lowest BCUT2D eigenvalue weighted by molar-refractivity contribution is 0.407. The predicted octanol–water partition coefficient (Wildman–Crippen LogP) is 4.32. The highest BCUT2D eigenvalue weighted by Crippen LogP contribution is 2.25. The summed E-state index contributed by atoms with van der Waals surface area (Å²) < 4.78 is 0. The Balaban J connectivity index is 1.85. The summed E-state index contributed by atoms with van der Waals surface area (Å²) in [5.74, 6) is 0.457. The highest BCUT2D eigenvalue weighted by molar-refractivity contribution is 5.81. The lowest BCUT2D eigenvalue weighted by atomic mass is 9.92. The molecule has 3 heteroatoms. The molecule has 1 aromatic heterocycles. The van der Waals surface area contributed by atoms with E-state index in [2.05, 4.69) is 61.4 Å². The summed E-state index contributed by atoms with van der Waals surface area (Å²) >= 11 is 0. The average Bonchev–Trinajstić information content (AvgIpc) is 2.56. The molecule has 0 bridgehead atoms. The SMILES string of the molecule is Cc1ccccc1C(NCc1cc2ccccc2c(=O)[nH]1)C(C)C. The second kappa shape index (κ2) is 7.02. The van der Waals surface area contributed by atoms with Crippen LogP contribution in [0, 0.1) is 12.8 Å². The summed E-state index contributed by atoms with van der Waals surface area (Å²) in [5.41, 5.74) is 3.49. The maximum absolute atomic E-state index is 12.2. The van der Waals surface area contributed by atoms with Crippen LogP contribution in [-0.4, -0.2) is 4.98 Å². The van der Waals surface area contributed by atoms with Gasteiger partial charge in [0.25, 0.3) is 5.56 Å². The monoisotopic (exact) mass is 320 g/mol. The zero-order chi connectivity index (χ0) is 17.1. The van der Waals surface area contributed by atoms with Gasteiger partial charge in [-0.15, -0.1) is 0 Å². The molecular weight excluding hydrogens is 296 g/mol. The van der Waals surface area contributed by atoms with Crippen LogP contribution in [-0.2, 0) is 6.54 Å². The van der Waals surface area contributed by atoms with E-state index >= 15 is 0 Å². The Morgan fingerprint density at radius 2 is 1.75 bits per heavy atom. The number of pyridine rings is 1. The van der Waals surface area contributed by atoms with Crippen molar-refractivity contribution in [3.05, 3.63) is 81.8 Å². The minimum absolute atomic E-state index is 0.0260. The molecule has 0 aliphatic rings. The van der Waals surface area contributed by atoms with Crippen molar-refractivity contribution in [2.75, 3.05) is 0 Å². The third kappa shape index (κ3) is 3.41. The molecule has 2 N–H and O–H groups in total. The van der Waals surface area contributed by atoms with Crippen LogP contribution in [0.15, 0.2) is 59.4 Å². The Morgan fingerprint density at radius 3 is 2.50 bits per heavy atom. The van der Waals surface area contributed by atoms with E-state index in [0.29, 0.717) is 12.5 Å². The first-order valence-corrected chi connectivity index (χ1v) is 8.46. The fourth-order valence-electron chi connectivity index (χ4n) is 3.22. The van der Waals surface area contributed by atoms with Crippen LogP contribution in [0.3, 0.4) is 0 Å². The van der Waals surface area contributed by atoms with E-state index in [1.807, 2.05) is 24.3 Å². The van der Waals surface area contributed by atoms with Gasteiger partial charge >= 0.3 is 0 Å². The summed E-state index contributed by atoms with van der Waals surface area (Å²) in [4.78, 5) is 15.2. The van der Waals surface area contributed by atoms with Gasteiger partial charge in [0.1, 0.15) is 0 Å². The first-order chi connectivity index (χ1) is 11.6. The molecule has 0 amide bonds. The minimum atomic E-state index is -0.0260. The molecule has 3 nitrogen and oxygen atoms in total. The smallest absolute Gasteiger partial charge is 0.256 e. The standard InChI is InChI=1S/C21H24N2O/c1-14(2)20(18-10-6-4-8-15(18)3)22-13-17-12-16-9-5-7-11-19(16)21(24)23-17/h4-12,14,20,22H,13H2,1-3H3,(H,23,24). The molecule has 0 aliphatic carbocycles. The second-order valence-electron chi connectivity index (χ2n) is 6.67. The third-order valence-electron chi connectivity index (χ3n) is 4.51. The Morgan fingerprint density at radius 1 is 1.04 bits per heavy atom. The number of nitrogens with one attached hydrogen (secondary N) is 2. The number of rotatable bonds is 5. The van der Waals surface area contributed by atoms with Gasteiger partial charge in [0.05, 0.1) is 0 Å². The van der Waals surface area contributed by atoms with Gasteiger partial charge in [-0.25, -0.2) is 0 Å². The zero-order valence-corrected chi connectivity index (χ0v) is 14.5. The van der Waals surface area contributed by atoms with Crippen LogP contribution in [0.25, 0.3) is 10.8 Å². The Kier molecular flexibility index (Phi) is 4.81. The van der Waals surface area contributed by atoms with Crippen molar-refractivity contribution in [3.8, 4) is 0 Å². The predicted molar refractivity (Wildman–Crippen MR) is 100 cm³/mol. The van der Waals surface area contributed by atoms with Crippen LogP contribution in [0.4, 0.5) is 0 Å². The molecule has 0 fully saturated rings. The average molecular weight is 320 g/mol. The van der Waals surface area contributed by atoms with Gasteiger partial charge in [0, 0.05) is 23.7 Å². The van der Waals surface area contributed by atoms with Crippen molar-refractivity contribution in [1.82, 2.24) is 10.3 Å². The van der Waals surface area contributed by atoms with Gasteiger partial charge in [-0.1, -0.05) is 56.3 Å². The lowest BCUT2D eigenvalue weighted by Gasteiger charge is -2.24. The van der Waals surface area contributed by atoms with Crippen LogP contribution < -0.4 is 10.9 Å². The van der Waals surface area contributed by atoms with E-state index in [9.17, 15) is 4.79 Å². The minimum Gasteiger partial charge on any atom is -0.324 e. The molecule has 0 saturated carbocycles. The van der Waals surface area contributed by atoms with E-state index in [4.69, 9.17) is 0 Å². The fraction of sp³-hybridized carbons (Fsp3) is 0.286. The number of benzene rings is 2. The van der Waals surface area contributed by atoms with E-state index < -0.39 is 0 Å². The number of hydrogen-bond acceptors (Lipinski definition) is 2. The van der Waals surface area contributed by atoms with Crippen molar-refractivity contribution in [1.29, 1.82) is 0 Å². The summed E-state index contributed by atoms with van der Waals surface area (Å²) in [6.45, 7) is 7.21. The first kappa shape index (κ1) is 16.5. The van der Waals surface area contributed by atoms with E-state index in [1.165, 1.54) is 11.1 Å². The highest BCUT2D eigenvalue weighted by Gasteiger charge is 2.17. The first-order valence-electron chi connectivity index (χ1n) is 8.46. The molecular formula is C21H24N2O. The number of H-pyrrole nitrogens is 1. The maximum Gasteiger partial charge on any atom is 0.256 e. The summed E-state index contributed by atoms with van der Waals surface area (Å²) in [7, 11) is 0. The number of hydrogen-bond donors (Lipinski definition) is 2. The molecule has 0 aliphatic heterocycles. The molecule has 1 unspecified atom stereocenters. The van der Waals surface area contributed by atoms with Gasteiger partial charge in [0.2, 0.25) is 0 Å². The molecule has 124 valence electrons.